The molecule has 0 spiro atoms. The SMILES string of the molecule is CCN(CC)c1ccc(Cc2cc(C)c(O)c(Cc3ccc(N(CC)CC)cc3)n2)cc1. The number of anilines is 2. The van der Waals surface area contributed by atoms with Crippen LogP contribution in [0, 0.1) is 6.92 Å². The van der Waals surface area contributed by atoms with Gasteiger partial charge in [0.25, 0.3) is 0 Å². The summed E-state index contributed by atoms with van der Waals surface area (Å²) < 4.78 is 0. The zero-order chi connectivity index (χ0) is 23.1. The van der Waals surface area contributed by atoms with Crippen LogP contribution in [0.15, 0.2) is 54.6 Å². The summed E-state index contributed by atoms with van der Waals surface area (Å²) in [5.74, 6) is 0.304. The van der Waals surface area contributed by atoms with E-state index in [0.717, 1.165) is 55.1 Å². The molecule has 0 aliphatic heterocycles. The number of aryl methyl sites for hydroxylation is 1. The van der Waals surface area contributed by atoms with Gasteiger partial charge in [0.05, 0.1) is 5.69 Å². The number of benzene rings is 2. The average Bonchev–Trinajstić information content (AvgIpc) is 2.81. The van der Waals surface area contributed by atoms with Crippen molar-refractivity contribution >= 4 is 11.4 Å². The zero-order valence-corrected chi connectivity index (χ0v) is 20.2. The van der Waals surface area contributed by atoms with Crippen LogP contribution in [0.4, 0.5) is 11.4 Å². The number of nitrogens with zero attached hydrogens (tertiary/aromatic N) is 3. The van der Waals surface area contributed by atoms with Gasteiger partial charge in [-0.1, -0.05) is 24.3 Å². The molecule has 0 aliphatic carbocycles. The van der Waals surface area contributed by atoms with Crippen molar-refractivity contribution in [1.82, 2.24) is 4.98 Å². The van der Waals surface area contributed by atoms with Gasteiger partial charge in [-0.05, 0) is 81.6 Å². The molecular weight excluding hydrogens is 394 g/mol. The minimum atomic E-state index is 0.304. The lowest BCUT2D eigenvalue weighted by molar-refractivity contribution is 0.460. The summed E-state index contributed by atoms with van der Waals surface area (Å²) in [6.45, 7) is 14.7. The number of aromatic hydroxyl groups is 1. The predicted octanol–water partition coefficient (Wildman–Crippen LogP) is 5.97. The van der Waals surface area contributed by atoms with Gasteiger partial charge in [0.15, 0.2) is 0 Å². The Morgan fingerprint density at radius 1 is 0.688 bits per heavy atom. The van der Waals surface area contributed by atoms with Gasteiger partial charge in [-0.25, -0.2) is 0 Å². The van der Waals surface area contributed by atoms with Gasteiger partial charge < -0.3 is 14.9 Å². The van der Waals surface area contributed by atoms with Crippen LogP contribution in [0.2, 0.25) is 0 Å². The fourth-order valence-corrected chi connectivity index (χ4v) is 4.25. The average molecular weight is 432 g/mol. The predicted molar refractivity (Wildman–Crippen MR) is 136 cm³/mol. The van der Waals surface area contributed by atoms with Gasteiger partial charge in [0, 0.05) is 56.1 Å². The van der Waals surface area contributed by atoms with E-state index in [0.29, 0.717) is 12.2 Å². The maximum absolute atomic E-state index is 10.6. The van der Waals surface area contributed by atoms with E-state index >= 15 is 0 Å². The molecule has 0 saturated carbocycles. The minimum absolute atomic E-state index is 0.304. The normalized spacial score (nSPS) is 10.9. The second-order valence-electron chi connectivity index (χ2n) is 8.26. The van der Waals surface area contributed by atoms with Gasteiger partial charge in [0.2, 0.25) is 0 Å². The molecule has 0 amide bonds. The summed E-state index contributed by atoms with van der Waals surface area (Å²) in [6.07, 6.45) is 1.38. The lowest BCUT2D eigenvalue weighted by atomic mass is 10.0. The van der Waals surface area contributed by atoms with E-state index in [1.807, 2.05) is 13.0 Å². The molecule has 1 N–H and O–H groups in total. The molecule has 1 heterocycles. The molecule has 2 aromatic carbocycles. The molecule has 3 rings (SSSR count). The number of hydrogen-bond acceptors (Lipinski definition) is 4. The summed E-state index contributed by atoms with van der Waals surface area (Å²) in [7, 11) is 0. The topological polar surface area (TPSA) is 39.6 Å². The molecular formula is C28H37N3O. The zero-order valence-electron chi connectivity index (χ0n) is 20.2. The van der Waals surface area contributed by atoms with Gasteiger partial charge in [-0.15, -0.1) is 0 Å². The van der Waals surface area contributed by atoms with Crippen molar-refractivity contribution in [3.63, 3.8) is 0 Å². The van der Waals surface area contributed by atoms with Crippen LogP contribution in [0.5, 0.6) is 5.75 Å². The summed E-state index contributed by atoms with van der Waals surface area (Å²) in [5.41, 5.74) is 7.49. The molecule has 0 bridgehead atoms. The summed E-state index contributed by atoms with van der Waals surface area (Å²) in [6, 6.07) is 19.3. The van der Waals surface area contributed by atoms with Crippen LogP contribution in [0.1, 0.15) is 55.8 Å². The third-order valence-corrected chi connectivity index (χ3v) is 6.20. The van der Waals surface area contributed by atoms with Crippen LogP contribution in [-0.4, -0.2) is 36.3 Å². The van der Waals surface area contributed by atoms with Crippen LogP contribution in [-0.2, 0) is 12.8 Å². The summed E-state index contributed by atoms with van der Waals surface area (Å²) in [4.78, 5) is 9.51. The van der Waals surface area contributed by atoms with Gasteiger partial charge >= 0.3 is 0 Å². The highest BCUT2D eigenvalue weighted by molar-refractivity contribution is 5.50. The van der Waals surface area contributed by atoms with E-state index in [1.165, 1.54) is 16.9 Å². The molecule has 0 saturated heterocycles. The van der Waals surface area contributed by atoms with Crippen molar-refractivity contribution in [1.29, 1.82) is 0 Å². The fourth-order valence-electron chi connectivity index (χ4n) is 4.25. The Balaban J connectivity index is 1.77. The van der Waals surface area contributed by atoms with Crippen molar-refractivity contribution in [2.75, 3.05) is 36.0 Å². The molecule has 32 heavy (non-hydrogen) atoms. The Bertz CT molecular complexity index is 988. The molecule has 4 nitrogen and oxygen atoms in total. The molecule has 0 atom stereocenters. The summed E-state index contributed by atoms with van der Waals surface area (Å²) in [5, 5.41) is 10.6. The lowest BCUT2D eigenvalue weighted by Crippen LogP contribution is -2.21. The number of pyridine rings is 1. The molecule has 170 valence electrons. The molecule has 0 fully saturated rings. The van der Waals surface area contributed by atoms with Crippen molar-refractivity contribution in [2.45, 2.75) is 47.5 Å². The quantitative estimate of drug-likeness (QED) is 0.429. The monoisotopic (exact) mass is 431 g/mol. The molecule has 4 heteroatoms. The van der Waals surface area contributed by atoms with Crippen LogP contribution < -0.4 is 9.80 Å². The Morgan fingerprint density at radius 3 is 1.56 bits per heavy atom. The van der Waals surface area contributed by atoms with E-state index in [4.69, 9.17) is 4.98 Å². The highest BCUT2D eigenvalue weighted by atomic mass is 16.3. The Hall–Kier alpha value is -3.01. The third kappa shape index (κ3) is 5.61. The third-order valence-electron chi connectivity index (χ3n) is 6.20. The van der Waals surface area contributed by atoms with E-state index in [2.05, 4.69) is 86.0 Å². The molecule has 0 unspecified atom stereocenters. The highest BCUT2D eigenvalue weighted by Crippen LogP contribution is 2.26. The van der Waals surface area contributed by atoms with Gasteiger partial charge in [-0.3, -0.25) is 4.98 Å². The van der Waals surface area contributed by atoms with Gasteiger partial charge in [-0.2, -0.15) is 0 Å². The van der Waals surface area contributed by atoms with Gasteiger partial charge in [0.1, 0.15) is 5.75 Å². The fraction of sp³-hybridized carbons (Fsp3) is 0.393. The lowest BCUT2D eigenvalue weighted by Gasteiger charge is -2.21. The van der Waals surface area contributed by atoms with Crippen LogP contribution in [0.3, 0.4) is 0 Å². The Morgan fingerprint density at radius 2 is 1.12 bits per heavy atom. The van der Waals surface area contributed by atoms with E-state index in [-0.39, 0.29) is 0 Å². The molecule has 3 aromatic rings. The Labute approximate surface area is 193 Å². The first kappa shape index (κ1) is 23.6. The Kier molecular flexibility index (Phi) is 8.15. The van der Waals surface area contributed by atoms with E-state index in [9.17, 15) is 5.11 Å². The second-order valence-corrected chi connectivity index (χ2v) is 8.26. The number of hydrogen-bond donors (Lipinski definition) is 1. The van der Waals surface area contributed by atoms with Crippen LogP contribution >= 0.6 is 0 Å². The largest absolute Gasteiger partial charge is 0.506 e. The van der Waals surface area contributed by atoms with Crippen molar-refractivity contribution in [2.24, 2.45) is 0 Å². The number of aromatic nitrogens is 1. The molecule has 0 radical (unpaired) electrons. The second kappa shape index (κ2) is 11.0. The smallest absolute Gasteiger partial charge is 0.140 e. The maximum atomic E-state index is 10.6. The first-order valence-electron chi connectivity index (χ1n) is 11.8. The molecule has 0 aliphatic rings. The molecule has 1 aromatic heterocycles. The highest BCUT2D eigenvalue weighted by Gasteiger charge is 2.12. The van der Waals surface area contributed by atoms with E-state index in [1.54, 1.807) is 0 Å². The van der Waals surface area contributed by atoms with Crippen molar-refractivity contribution in [3.8, 4) is 5.75 Å². The number of rotatable bonds is 10. The summed E-state index contributed by atoms with van der Waals surface area (Å²) >= 11 is 0. The maximum Gasteiger partial charge on any atom is 0.140 e. The first-order valence-corrected chi connectivity index (χ1v) is 11.8. The van der Waals surface area contributed by atoms with Crippen LogP contribution in [0.25, 0.3) is 0 Å². The van der Waals surface area contributed by atoms with Crippen molar-refractivity contribution < 1.29 is 5.11 Å². The first-order chi connectivity index (χ1) is 15.5. The van der Waals surface area contributed by atoms with E-state index < -0.39 is 0 Å². The standard InChI is InChI=1S/C28H37N3O/c1-6-30(7-2)25-14-10-22(11-15-25)19-24-18-21(5)28(32)27(29-24)20-23-12-16-26(17-13-23)31(8-3)9-4/h10-18,32H,6-9,19-20H2,1-5H3. The van der Waals surface area contributed by atoms with Crippen molar-refractivity contribution in [3.05, 3.63) is 82.7 Å². The minimum Gasteiger partial charge on any atom is -0.506 e.